The Hall–Kier alpha value is -2.59. The van der Waals surface area contributed by atoms with Gasteiger partial charge in [-0.2, -0.15) is 0 Å². The zero-order valence-electron chi connectivity index (χ0n) is 14.5. The van der Waals surface area contributed by atoms with Crippen molar-refractivity contribution in [2.45, 2.75) is 30.6 Å². The van der Waals surface area contributed by atoms with Crippen LogP contribution in [-0.2, 0) is 22.9 Å². The van der Waals surface area contributed by atoms with Crippen molar-refractivity contribution in [1.82, 2.24) is 0 Å². The van der Waals surface area contributed by atoms with Crippen LogP contribution in [0.25, 0.3) is 11.1 Å². The van der Waals surface area contributed by atoms with Crippen molar-refractivity contribution in [2.24, 2.45) is 0 Å². The van der Waals surface area contributed by atoms with Crippen molar-refractivity contribution in [1.29, 1.82) is 0 Å². The Balaban J connectivity index is 1.69. The summed E-state index contributed by atoms with van der Waals surface area (Å²) in [4.78, 5) is 0.334. The third-order valence-corrected chi connectivity index (χ3v) is 6.25. The normalized spacial score (nSPS) is 13.8. The average molecular weight is 363 g/mol. The molecule has 3 aromatic rings. The molecule has 0 aliphatic heterocycles. The lowest BCUT2D eigenvalue weighted by Gasteiger charge is -2.17. The van der Waals surface area contributed by atoms with E-state index in [4.69, 9.17) is 0 Å². The number of hydrogen-bond donors (Lipinski definition) is 1. The van der Waals surface area contributed by atoms with E-state index in [2.05, 4.69) is 4.72 Å². The third-order valence-electron chi connectivity index (χ3n) is 4.89. The van der Waals surface area contributed by atoms with E-state index >= 15 is 0 Å². The van der Waals surface area contributed by atoms with Crippen molar-refractivity contribution in [3.05, 3.63) is 83.9 Å². The zero-order valence-corrected chi connectivity index (χ0v) is 15.3. The Morgan fingerprint density at radius 1 is 0.731 bits per heavy atom. The summed E-state index contributed by atoms with van der Waals surface area (Å²) in [6.45, 7) is 0. The Labute approximate surface area is 154 Å². The van der Waals surface area contributed by atoms with E-state index in [-0.39, 0.29) is 0 Å². The molecule has 0 spiro atoms. The van der Waals surface area contributed by atoms with Gasteiger partial charge in [0.25, 0.3) is 10.0 Å². The van der Waals surface area contributed by atoms with Crippen LogP contribution < -0.4 is 4.72 Å². The van der Waals surface area contributed by atoms with Gasteiger partial charge in [0.1, 0.15) is 0 Å². The quantitative estimate of drug-likeness (QED) is 0.706. The molecule has 0 heterocycles. The van der Waals surface area contributed by atoms with Crippen molar-refractivity contribution in [3.8, 4) is 11.1 Å². The summed E-state index contributed by atoms with van der Waals surface area (Å²) in [5, 5.41) is 0. The van der Waals surface area contributed by atoms with Gasteiger partial charge in [0, 0.05) is 5.56 Å². The number of anilines is 1. The lowest BCUT2D eigenvalue weighted by atomic mass is 9.92. The predicted molar refractivity (Wildman–Crippen MR) is 106 cm³/mol. The monoisotopic (exact) mass is 363 g/mol. The minimum absolute atomic E-state index is 0.334. The van der Waals surface area contributed by atoms with Crippen molar-refractivity contribution < 1.29 is 8.42 Å². The first-order valence-corrected chi connectivity index (χ1v) is 10.4. The second-order valence-corrected chi connectivity index (χ2v) is 8.34. The molecule has 0 radical (unpaired) electrons. The van der Waals surface area contributed by atoms with Gasteiger partial charge in [-0.15, -0.1) is 0 Å². The van der Waals surface area contributed by atoms with E-state index in [9.17, 15) is 8.42 Å². The Morgan fingerprint density at radius 2 is 1.42 bits per heavy atom. The van der Waals surface area contributed by atoms with E-state index in [1.807, 2.05) is 60.7 Å². The van der Waals surface area contributed by atoms with Crippen molar-refractivity contribution in [2.75, 3.05) is 4.72 Å². The van der Waals surface area contributed by atoms with Crippen LogP contribution in [0.5, 0.6) is 0 Å². The topological polar surface area (TPSA) is 46.2 Å². The first-order chi connectivity index (χ1) is 12.6. The lowest BCUT2D eigenvalue weighted by molar-refractivity contribution is 0.600. The zero-order chi connectivity index (χ0) is 18.0. The van der Waals surface area contributed by atoms with Crippen LogP contribution in [0.1, 0.15) is 24.0 Å². The van der Waals surface area contributed by atoms with Gasteiger partial charge in [0.05, 0.1) is 10.6 Å². The minimum atomic E-state index is -3.63. The first-order valence-electron chi connectivity index (χ1n) is 8.92. The second kappa shape index (κ2) is 6.96. The van der Waals surface area contributed by atoms with Crippen molar-refractivity contribution >= 4 is 15.7 Å². The van der Waals surface area contributed by atoms with E-state index in [0.29, 0.717) is 10.6 Å². The second-order valence-electron chi connectivity index (χ2n) is 6.65. The van der Waals surface area contributed by atoms with Crippen molar-refractivity contribution in [3.63, 3.8) is 0 Å². The smallest absolute Gasteiger partial charge is 0.261 e. The molecular weight excluding hydrogens is 342 g/mol. The molecule has 0 saturated carbocycles. The maximum Gasteiger partial charge on any atom is 0.261 e. The van der Waals surface area contributed by atoms with Gasteiger partial charge in [0.15, 0.2) is 0 Å². The summed E-state index contributed by atoms with van der Waals surface area (Å²) in [6.07, 6.45) is 4.31. The number of hydrogen-bond acceptors (Lipinski definition) is 2. The molecule has 0 aromatic heterocycles. The third kappa shape index (κ3) is 3.37. The van der Waals surface area contributed by atoms with Gasteiger partial charge in [-0.1, -0.05) is 54.6 Å². The molecule has 132 valence electrons. The SMILES string of the molecule is O=S(=O)(Nc1ccccc1-c1ccccc1)c1ccc2c(c1)CCCC2. The lowest BCUT2D eigenvalue weighted by Crippen LogP contribution is -2.15. The number of nitrogens with one attached hydrogen (secondary N) is 1. The summed E-state index contributed by atoms with van der Waals surface area (Å²) >= 11 is 0. The van der Waals surface area contributed by atoms with Gasteiger partial charge >= 0.3 is 0 Å². The van der Waals surface area contributed by atoms with Crippen LogP contribution in [0.3, 0.4) is 0 Å². The Bertz CT molecular complexity index is 1030. The van der Waals surface area contributed by atoms with Crippen LogP contribution >= 0.6 is 0 Å². The molecule has 26 heavy (non-hydrogen) atoms. The molecule has 0 unspecified atom stereocenters. The highest BCUT2D eigenvalue weighted by Crippen LogP contribution is 2.30. The van der Waals surface area contributed by atoms with E-state index in [1.165, 1.54) is 12.0 Å². The summed E-state index contributed by atoms with van der Waals surface area (Å²) in [5.74, 6) is 0. The minimum Gasteiger partial charge on any atom is -0.279 e. The number of fused-ring (bicyclic) bond motifs is 1. The molecule has 1 aliphatic rings. The number of aryl methyl sites for hydroxylation is 2. The number of para-hydroxylation sites is 1. The molecule has 4 heteroatoms. The van der Waals surface area contributed by atoms with Crippen LogP contribution in [0.15, 0.2) is 77.7 Å². The standard InChI is InChI=1S/C22H21NO2S/c24-26(25,20-15-14-17-8-4-5-11-19(17)16-20)23-22-13-7-6-12-21(22)18-9-2-1-3-10-18/h1-3,6-7,9-10,12-16,23H,4-5,8,11H2. The molecule has 0 fully saturated rings. The van der Waals surface area contributed by atoms with Gasteiger partial charge in [-0.3, -0.25) is 4.72 Å². The molecule has 1 N–H and O–H groups in total. The van der Waals surface area contributed by atoms with Crippen LogP contribution in [-0.4, -0.2) is 8.42 Å². The molecule has 0 atom stereocenters. The van der Waals surface area contributed by atoms with Crippen LogP contribution in [0.4, 0.5) is 5.69 Å². The number of rotatable bonds is 4. The number of benzene rings is 3. The summed E-state index contributed by atoms with van der Waals surface area (Å²) in [6, 6.07) is 22.8. The van der Waals surface area contributed by atoms with Gasteiger partial charge in [-0.25, -0.2) is 8.42 Å². The summed E-state index contributed by atoms with van der Waals surface area (Å²) in [5.41, 5.74) is 4.89. The highest BCUT2D eigenvalue weighted by atomic mass is 32.2. The molecule has 1 aliphatic carbocycles. The highest BCUT2D eigenvalue weighted by Gasteiger charge is 2.19. The molecule has 0 saturated heterocycles. The van der Waals surface area contributed by atoms with Gasteiger partial charge < -0.3 is 0 Å². The fourth-order valence-corrected chi connectivity index (χ4v) is 4.65. The molecule has 0 bridgehead atoms. The molecule has 3 nitrogen and oxygen atoms in total. The van der Waals surface area contributed by atoms with Crippen LogP contribution in [0.2, 0.25) is 0 Å². The maximum atomic E-state index is 13.0. The Morgan fingerprint density at radius 3 is 2.23 bits per heavy atom. The maximum absolute atomic E-state index is 13.0. The van der Waals surface area contributed by atoms with Gasteiger partial charge in [-0.05, 0) is 60.6 Å². The highest BCUT2D eigenvalue weighted by molar-refractivity contribution is 7.92. The average Bonchev–Trinajstić information content (AvgIpc) is 2.68. The van der Waals surface area contributed by atoms with E-state index in [0.717, 1.165) is 36.0 Å². The molecule has 4 rings (SSSR count). The largest absolute Gasteiger partial charge is 0.279 e. The number of sulfonamides is 1. The summed E-state index contributed by atoms with van der Waals surface area (Å²) < 4.78 is 28.7. The first kappa shape index (κ1) is 16.9. The molecular formula is C22H21NO2S. The van der Waals surface area contributed by atoms with E-state index < -0.39 is 10.0 Å². The Kier molecular flexibility index (Phi) is 4.51. The summed E-state index contributed by atoms with van der Waals surface area (Å²) in [7, 11) is -3.63. The fraction of sp³-hybridized carbons (Fsp3) is 0.182. The van der Waals surface area contributed by atoms with Crippen LogP contribution in [0, 0.1) is 0 Å². The molecule has 3 aromatic carbocycles. The fourth-order valence-electron chi connectivity index (χ4n) is 3.52. The van der Waals surface area contributed by atoms with E-state index in [1.54, 1.807) is 12.1 Å². The van der Waals surface area contributed by atoms with Gasteiger partial charge in [0.2, 0.25) is 0 Å². The predicted octanol–water partition coefficient (Wildman–Crippen LogP) is 5.03. The molecule has 0 amide bonds.